The van der Waals surface area contributed by atoms with Crippen LogP contribution in [0.2, 0.25) is 18.1 Å². The molecule has 1 aliphatic heterocycles. The maximum atomic E-state index is 16.2. The summed E-state index contributed by atoms with van der Waals surface area (Å²) < 4.78 is 30.1. The molecule has 1 aliphatic carbocycles. The zero-order valence-electron chi connectivity index (χ0n) is 22.6. The van der Waals surface area contributed by atoms with E-state index in [1.807, 2.05) is 33.9 Å². The van der Waals surface area contributed by atoms with Crippen molar-refractivity contribution >= 4 is 37.2 Å². The number of carbonyl (C=O) groups excluding carboxylic acids is 1. The maximum absolute atomic E-state index is 16.2. The normalized spacial score (nSPS) is 24.1. The van der Waals surface area contributed by atoms with Gasteiger partial charge in [-0.1, -0.05) is 34.6 Å². The summed E-state index contributed by atoms with van der Waals surface area (Å²) in [5, 5.41) is 26.3. The number of hydrogen-bond acceptors (Lipinski definition) is 9. The minimum Gasteiger partial charge on any atom is -0.408 e. The molecule has 0 bridgehead atoms. The Morgan fingerprint density at radius 2 is 1.95 bits per heavy atom. The molecule has 0 radical (unpaired) electrons. The molecule has 2 aliphatic rings. The van der Waals surface area contributed by atoms with E-state index in [1.54, 1.807) is 13.8 Å². The molecule has 0 aromatic carbocycles. The monoisotopic (exact) mass is 538 g/mol. The van der Waals surface area contributed by atoms with Gasteiger partial charge < -0.3 is 24.7 Å². The lowest BCUT2D eigenvalue weighted by molar-refractivity contribution is -0.146. The van der Waals surface area contributed by atoms with Gasteiger partial charge in [-0.2, -0.15) is 9.97 Å². The second kappa shape index (κ2) is 9.84. The highest BCUT2D eigenvalue weighted by atomic mass is 28.4. The molecule has 1 saturated carbocycles. The minimum atomic E-state index is -2.51. The van der Waals surface area contributed by atoms with Crippen molar-refractivity contribution in [3.8, 4) is 0 Å². The van der Waals surface area contributed by atoms with Crippen molar-refractivity contribution < 1.29 is 28.6 Å². The summed E-state index contributed by atoms with van der Waals surface area (Å²) in [5.41, 5.74) is -1.01. The van der Waals surface area contributed by atoms with Crippen molar-refractivity contribution in [2.45, 2.75) is 95.7 Å². The SMILES string of the molecule is CC(C)C(=O)Nc1nc(NC2CC2)c2ncn([C@@H]3OC(CO)(CO)[C@@H](O[Si](C)(C)C(C)(C)C)[C@H]3F)c2n1. The van der Waals surface area contributed by atoms with Gasteiger partial charge in [0.2, 0.25) is 11.9 Å². The summed E-state index contributed by atoms with van der Waals surface area (Å²) in [6.45, 7) is 12.3. The number of ether oxygens (including phenoxy) is 1. The molecule has 37 heavy (non-hydrogen) atoms. The standard InChI is InChI=1S/C24H39FN6O5Si/c1-13(2)20(34)30-22-28-18(27-14-8-9-14)16-19(29-22)31(12-26-16)21-15(25)17(24(10-32,11-33)35-21)36-37(6,7)23(3,4)5/h12-15,17,21,32-33H,8-11H2,1-7H3,(H2,27,28,29,30,34)/t15-,17+,21-/m1/s1. The van der Waals surface area contributed by atoms with Crippen molar-refractivity contribution in [2.24, 2.45) is 5.92 Å². The first-order valence-electron chi connectivity index (χ1n) is 12.8. The number of rotatable bonds is 9. The number of hydrogen-bond donors (Lipinski definition) is 4. The number of alkyl halides is 1. The van der Waals surface area contributed by atoms with Crippen LogP contribution in [0.4, 0.5) is 16.2 Å². The van der Waals surface area contributed by atoms with E-state index >= 15 is 4.39 Å². The summed E-state index contributed by atoms with van der Waals surface area (Å²) in [6.07, 6.45) is -0.861. The van der Waals surface area contributed by atoms with Crippen LogP contribution in [0.15, 0.2) is 6.33 Å². The zero-order chi connectivity index (χ0) is 27.3. The van der Waals surface area contributed by atoms with Gasteiger partial charge in [-0.25, -0.2) is 9.37 Å². The Kier molecular flexibility index (Phi) is 7.40. The lowest BCUT2D eigenvalue weighted by Crippen LogP contribution is -2.56. The Bertz CT molecular complexity index is 1140. The third-order valence-corrected chi connectivity index (χ3v) is 12.0. The van der Waals surface area contributed by atoms with Gasteiger partial charge in [-0.3, -0.25) is 14.7 Å². The largest absolute Gasteiger partial charge is 0.408 e. The van der Waals surface area contributed by atoms with Crippen molar-refractivity contribution in [2.75, 3.05) is 23.8 Å². The van der Waals surface area contributed by atoms with Crippen LogP contribution in [0.1, 0.15) is 53.7 Å². The Labute approximate surface area is 217 Å². The molecule has 3 heterocycles. The zero-order valence-corrected chi connectivity index (χ0v) is 23.6. The molecule has 1 amide bonds. The topological polar surface area (TPSA) is 144 Å². The molecule has 2 aromatic rings. The average Bonchev–Trinajstić information content (AvgIpc) is 3.47. The van der Waals surface area contributed by atoms with Crippen molar-refractivity contribution in [1.29, 1.82) is 0 Å². The minimum absolute atomic E-state index is 0.0640. The number of halogens is 1. The summed E-state index contributed by atoms with van der Waals surface area (Å²) in [5.74, 6) is -0.0522. The number of amides is 1. The number of nitrogens with one attached hydrogen (secondary N) is 2. The smallest absolute Gasteiger partial charge is 0.233 e. The number of aliphatic hydroxyl groups is 2. The number of anilines is 2. The Hall–Kier alpha value is -2.19. The van der Waals surface area contributed by atoms with E-state index in [-0.39, 0.29) is 34.5 Å². The molecule has 4 rings (SSSR count). The first kappa shape index (κ1) is 27.8. The average molecular weight is 539 g/mol. The van der Waals surface area contributed by atoms with Crippen molar-refractivity contribution in [3.05, 3.63) is 6.33 Å². The number of aromatic nitrogens is 4. The Balaban J connectivity index is 1.76. The summed E-state index contributed by atoms with van der Waals surface area (Å²) in [4.78, 5) is 25.7. The molecule has 2 fully saturated rings. The third-order valence-electron chi connectivity index (χ3n) is 7.57. The van der Waals surface area contributed by atoms with Crippen LogP contribution in [-0.4, -0.2) is 81.1 Å². The molecule has 0 unspecified atom stereocenters. The van der Waals surface area contributed by atoms with Crippen LogP contribution in [0, 0.1) is 5.92 Å². The van der Waals surface area contributed by atoms with Gasteiger partial charge in [0, 0.05) is 12.0 Å². The van der Waals surface area contributed by atoms with E-state index in [9.17, 15) is 15.0 Å². The molecule has 4 N–H and O–H groups in total. The molecule has 0 spiro atoms. The third kappa shape index (κ3) is 5.24. The van der Waals surface area contributed by atoms with E-state index in [4.69, 9.17) is 9.16 Å². The molecule has 2 aromatic heterocycles. The highest BCUT2D eigenvalue weighted by molar-refractivity contribution is 6.74. The van der Waals surface area contributed by atoms with Gasteiger partial charge in [0.15, 0.2) is 37.7 Å². The van der Waals surface area contributed by atoms with Crippen molar-refractivity contribution in [3.63, 3.8) is 0 Å². The highest BCUT2D eigenvalue weighted by Crippen LogP contribution is 2.46. The summed E-state index contributed by atoms with van der Waals surface area (Å²) in [7, 11) is -2.51. The second-order valence-corrected chi connectivity index (χ2v) is 16.7. The summed E-state index contributed by atoms with van der Waals surface area (Å²) >= 11 is 0. The molecule has 11 nitrogen and oxygen atoms in total. The van der Waals surface area contributed by atoms with Crippen LogP contribution >= 0.6 is 0 Å². The molecule has 1 saturated heterocycles. The molecular formula is C24H39FN6O5Si. The van der Waals surface area contributed by atoms with Crippen LogP contribution < -0.4 is 10.6 Å². The van der Waals surface area contributed by atoms with Crippen LogP contribution in [0.5, 0.6) is 0 Å². The number of nitrogens with zero attached hydrogens (tertiary/aromatic N) is 4. The molecule has 206 valence electrons. The summed E-state index contributed by atoms with van der Waals surface area (Å²) in [6, 6.07) is 0.243. The van der Waals surface area contributed by atoms with E-state index in [0.29, 0.717) is 11.3 Å². The van der Waals surface area contributed by atoms with Gasteiger partial charge in [0.05, 0.1) is 19.5 Å². The molecular weight excluding hydrogens is 499 g/mol. The predicted octanol–water partition coefficient (Wildman–Crippen LogP) is 2.98. The maximum Gasteiger partial charge on any atom is 0.233 e. The Morgan fingerprint density at radius 1 is 1.30 bits per heavy atom. The quantitative estimate of drug-likeness (QED) is 0.354. The fourth-order valence-corrected chi connectivity index (χ4v) is 5.26. The first-order valence-corrected chi connectivity index (χ1v) is 15.7. The highest BCUT2D eigenvalue weighted by Gasteiger charge is 2.59. The second-order valence-electron chi connectivity index (χ2n) is 11.9. The van der Waals surface area contributed by atoms with E-state index in [1.165, 1.54) is 10.9 Å². The van der Waals surface area contributed by atoms with Gasteiger partial charge >= 0.3 is 0 Å². The lowest BCUT2D eigenvalue weighted by atomic mass is 9.98. The van der Waals surface area contributed by atoms with Crippen LogP contribution in [0.25, 0.3) is 11.2 Å². The van der Waals surface area contributed by atoms with E-state index in [2.05, 4.69) is 25.6 Å². The van der Waals surface area contributed by atoms with E-state index < -0.39 is 45.6 Å². The Morgan fingerprint density at radius 3 is 2.49 bits per heavy atom. The first-order chi connectivity index (χ1) is 17.2. The number of carbonyl (C=O) groups is 1. The van der Waals surface area contributed by atoms with Gasteiger partial charge in [-0.15, -0.1) is 0 Å². The van der Waals surface area contributed by atoms with Crippen LogP contribution in [-0.2, 0) is 14.0 Å². The van der Waals surface area contributed by atoms with Gasteiger partial charge in [0.25, 0.3) is 0 Å². The fraction of sp³-hybridized carbons (Fsp3) is 0.750. The lowest BCUT2D eigenvalue weighted by Gasteiger charge is -2.42. The van der Waals surface area contributed by atoms with Crippen LogP contribution in [0.3, 0.4) is 0 Å². The molecule has 13 heteroatoms. The number of aliphatic hydroxyl groups excluding tert-OH is 2. The van der Waals surface area contributed by atoms with Crippen molar-refractivity contribution in [1.82, 2.24) is 19.5 Å². The number of fused-ring (bicyclic) bond motifs is 1. The van der Waals surface area contributed by atoms with E-state index in [0.717, 1.165) is 12.8 Å². The molecule has 3 atom stereocenters. The fourth-order valence-electron chi connectivity index (χ4n) is 3.93. The number of imidazole rings is 1. The van der Waals surface area contributed by atoms with Gasteiger partial charge in [0.1, 0.15) is 11.7 Å². The predicted molar refractivity (Wildman–Crippen MR) is 139 cm³/mol. The van der Waals surface area contributed by atoms with Gasteiger partial charge in [-0.05, 0) is 31.0 Å².